The lowest BCUT2D eigenvalue weighted by Gasteiger charge is -2.36. The molecular formula is C30H31N3O5S. The molecule has 2 aliphatic rings. The van der Waals surface area contributed by atoms with E-state index in [0.717, 1.165) is 18.5 Å². The Balaban J connectivity index is 1.53. The van der Waals surface area contributed by atoms with E-state index in [1.165, 1.54) is 11.1 Å². The van der Waals surface area contributed by atoms with Crippen LogP contribution in [0, 0.1) is 0 Å². The Bertz CT molecular complexity index is 1640. The second-order valence-electron chi connectivity index (χ2n) is 9.66. The molecule has 0 aliphatic carbocycles. The van der Waals surface area contributed by atoms with Crippen LogP contribution in [0.2, 0.25) is 0 Å². The summed E-state index contributed by atoms with van der Waals surface area (Å²) in [5.74, 6) is 1.74. The Morgan fingerprint density at radius 1 is 0.949 bits per heavy atom. The van der Waals surface area contributed by atoms with Crippen LogP contribution < -0.4 is 14.2 Å². The van der Waals surface area contributed by atoms with Crippen molar-refractivity contribution < 1.29 is 22.6 Å². The number of benzene rings is 3. The molecule has 0 spiro atoms. The molecule has 8 nitrogen and oxygen atoms in total. The van der Waals surface area contributed by atoms with E-state index in [9.17, 15) is 8.42 Å². The highest BCUT2D eigenvalue weighted by atomic mass is 32.2. The number of ether oxygens (including phenoxy) is 3. The SMILES string of the molecule is CCOc1cc([C@H]2N3CCc4ccccc4[C@@H]3CN2S(=O)(=O)c2ccc(OC)c3ncccc23)ccc1OC. The second-order valence-corrected chi connectivity index (χ2v) is 11.5. The fourth-order valence-electron chi connectivity index (χ4n) is 5.95. The fraction of sp³-hybridized carbons (Fsp3) is 0.300. The minimum absolute atomic E-state index is 0.0741. The maximum atomic E-state index is 14.6. The first-order valence-corrected chi connectivity index (χ1v) is 14.5. The predicted octanol–water partition coefficient (Wildman–Crippen LogP) is 4.95. The molecule has 202 valence electrons. The van der Waals surface area contributed by atoms with Crippen LogP contribution in [0.1, 0.15) is 35.8 Å². The van der Waals surface area contributed by atoms with Crippen molar-refractivity contribution in [1.29, 1.82) is 0 Å². The number of pyridine rings is 1. The average molecular weight is 546 g/mol. The van der Waals surface area contributed by atoms with Crippen molar-refractivity contribution >= 4 is 20.9 Å². The van der Waals surface area contributed by atoms with Gasteiger partial charge in [0.2, 0.25) is 10.0 Å². The summed E-state index contributed by atoms with van der Waals surface area (Å²) in [5.41, 5.74) is 3.79. The summed E-state index contributed by atoms with van der Waals surface area (Å²) in [6.45, 7) is 3.45. The van der Waals surface area contributed by atoms with Gasteiger partial charge in [-0.3, -0.25) is 9.88 Å². The highest BCUT2D eigenvalue weighted by molar-refractivity contribution is 7.89. The smallest absolute Gasteiger partial charge is 0.245 e. The largest absolute Gasteiger partial charge is 0.494 e. The fourth-order valence-corrected chi connectivity index (χ4v) is 7.73. The van der Waals surface area contributed by atoms with E-state index in [2.05, 4.69) is 22.0 Å². The molecule has 9 heteroatoms. The Labute approximate surface area is 228 Å². The van der Waals surface area contributed by atoms with E-state index in [0.29, 0.717) is 41.3 Å². The van der Waals surface area contributed by atoms with Crippen LogP contribution in [0.5, 0.6) is 17.2 Å². The van der Waals surface area contributed by atoms with Crippen LogP contribution >= 0.6 is 0 Å². The maximum Gasteiger partial charge on any atom is 0.245 e. The van der Waals surface area contributed by atoms with Gasteiger partial charge in [-0.05, 0) is 66.4 Å². The van der Waals surface area contributed by atoms with E-state index in [4.69, 9.17) is 14.2 Å². The zero-order chi connectivity index (χ0) is 27.1. The molecule has 2 atom stereocenters. The molecule has 1 fully saturated rings. The number of rotatable bonds is 7. The van der Waals surface area contributed by atoms with Gasteiger partial charge in [-0.1, -0.05) is 30.3 Å². The average Bonchev–Trinajstić information content (AvgIpc) is 3.38. The van der Waals surface area contributed by atoms with E-state index < -0.39 is 16.2 Å². The summed E-state index contributed by atoms with van der Waals surface area (Å²) < 4.78 is 47.7. The lowest BCUT2D eigenvalue weighted by molar-refractivity contribution is 0.154. The Morgan fingerprint density at radius 2 is 1.74 bits per heavy atom. The van der Waals surface area contributed by atoms with Gasteiger partial charge in [0.1, 0.15) is 17.4 Å². The molecule has 0 amide bonds. The molecule has 0 saturated carbocycles. The highest BCUT2D eigenvalue weighted by Crippen LogP contribution is 2.48. The zero-order valence-corrected chi connectivity index (χ0v) is 23.0. The molecule has 4 aromatic rings. The number of hydrogen-bond donors (Lipinski definition) is 0. The summed E-state index contributed by atoms with van der Waals surface area (Å²) in [6.07, 6.45) is 1.97. The molecule has 2 aliphatic heterocycles. The van der Waals surface area contributed by atoms with E-state index in [1.54, 1.807) is 49.0 Å². The standard InChI is InChI=1S/C30H31N3O5S/c1-4-38-27-18-21(11-12-25(27)36-2)30-32-17-15-20-8-5-6-9-22(20)24(32)19-33(30)39(34,35)28-14-13-26(37-3)29-23(28)10-7-16-31-29/h5-14,16,18,24,30H,4,15,17,19H2,1-3H3/t24-,30-/m0/s1. The summed E-state index contributed by atoms with van der Waals surface area (Å²) in [6, 6.07) is 20.8. The molecule has 1 aromatic heterocycles. The first-order valence-electron chi connectivity index (χ1n) is 13.1. The molecule has 0 N–H and O–H groups in total. The number of hydrogen-bond acceptors (Lipinski definition) is 7. The van der Waals surface area contributed by atoms with Crippen molar-refractivity contribution in [3.63, 3.8) is 0 Å². The third-order valence-corrected chi connectivity index (χ3v) is 9.56. The maximum absolute atomic E-state index is 14.6. The van der Waals surface area contributed by atoms with Crippen molar-refractivity contribution in [2.75, 3.05) is 33.9 Å². The summed E-state index contributed by atoms with van der Waals surface area (Å²) in [7, 11) is -0.805. The quantitative estimate of drug-likeness (QED) is 0.325. The van der Waals surface area contributed by atoms with Gasteiger partial charge in [-0.2, -0.15) is 4.31 Å². The number of nitrogens with zero attached hydrogens (tertiary/aromatic N) is 3. The Kier molecular flexibility index (Phi) is 6.66. The van der Waals surface area contributed by atoms with Gasteiger partial charge >= 0.3 is 0 Å². The number of fused-ring (bicyclic) bond motifs is 4. The van der Waals surface area contributed by atoms with E-state index in [1.807, 2.05) is 37.3 Å². The van der Waals surface area contributed by atoms with Gasteiger partial charge in [-0.15, -0.1) is 0 Å². The second kappa shape index (κ2) is 10.1. The van der Waals surface area contributed by atoms with Crippen molar-refractivity contribution in [3.05, 3.63) is 89.6 Å². The molecule has 0 unspecified atom stereocenters. The third kappa shape index (κ3) is 4.21. The molecular weight excluding hydrogens is 514 g/mol. The van der Waals surface area contributed by atoms with Gasteiger partial charge in [0.05, 0.1) is 31.8 Å². The van der Waals surface area contributed by atoms with E-state index in [-0.39, 0.29) is 10.9 Å². The summed E-state index contributed by atoms with van der Waals surface area (Å²) in [5, 5.41) is 0.533. The zero-order valence-electron chi connectivity index (χ0n) is 22.2. The van der Waals surface area contributed by atoms with Crippen LogP contribution in [-0.2, 0) is 16.4 Å². The van der Waals surface area contributed by atoms with Gasteiger partial charge in [0, 0.05) is 24.7 Å². The monoisotopic (exact) mass is 545 g/mol. The van der Waals surface area contributed by atoms with Gasteiger partial charge < -0.3 is 14.2 Å². The first-order chi connectivity index (χ1) is 19.0. The number of methoxy groups -OCH3 is 2. The summed E-state index contributed by atoms with van der Waals surface area (Å²) in [4.78, 5) is 6.94. The first kappa shape index (κ1) is 25.6. The van der Waals surface area contributed by atoms with Crippen LogP contribution in [-0.4, -0.2) is 56.5 Å². The van der Waals surface area contributed by atoms with Crippen molar-refractivity contribution in [3.8, 4) is 17.2 Å². The lowest BCUT2D eigenvalue weighted by atomic mass is 9.93. The normalized spacial score (nSPS) is 19.5. The minimum atomic E-state index is -3.97. The molecule has 1 saturated heterocycles. The Hall–Kier alpha value is -3.66. The van der Waals surface area contributed by atoms with E-state index >= 15 is 0 Å². The van der Waals surface area contributed by atoms with Crippen molar-refractivity contribution in [2.24, 2.45) is 0 Å². The predicted molar refractivity (Wildman–Crippen MR) is 149 cm³/mol. The highest BCUT2D eigenvalue weighted by Gasteiger charge is 2.49. The van der Waals surface area contributed by atoms with Crippen LogP contribution in [0.3, 0.4) is 0 Å². The van der Waals surface area contributed by atoms with Gasteiger partial charge in [0.15, 0.2) is 11.5 Å². The van der Waals surface area contributed by atoms with Crippen LogP contribution in [0.15, 0.2) is 77.8 Å². The third-order valence-electron chi connectivity index (χ3n) is 7.68. The molecule has 3 heterocycles. The van der Waals surface area contributed by atoms with Gasteiger partial charge in [0.25, 0.3) is 0 Å². The van der Waals surface area contributed by atoms with Crippen LogP contribution in [0.25, 0.3) is 10.9 Å². The molecule has 6 rings (SSSR count). The molecule has 0 radical (unpaired) electrons. The molecule has 39 heavy (non-hydrogen) atoms. The van der Waals surface area contributed by atoms with Gasteiger partial charge in [-0.25, -0.2) is 8.42 Å². The topological polar surface area (TPSA) is 81.2 Å². The van der Waals surface area contributed by atoms with Crippen LogP contribution in [0.4, 0.5) is 0 Å². The minimum Gasteiger partial charge on any atom is -0.494 e. The molecule has 3 aromatic carbocycles. The number of sulfonamides is 1. The molecule has 0 bridgehead atoms. The number of aromatic nitrogens is 1. The van der Waals surface area contributed by atoms with Crippen molar-refractivity contribution in [1.82, 2.24) is 14.2 Å². The van der Waals surface area contributed by atoms with Crippen molar-refractivity contribution in [2.45, 2.75) is 30.4 Å². The Morgan fingerprint density at radius 3 is 2.54 bits per heavy atom. The lowest BCUT2D eigenvalue weighted by Crippen LogP contribution is -2.37. The summed E-state index contributed by atoms with van der Waals surface area (Å²) >= 11 is 0.